The largest absolute Gasteiger partial charge is 0.471 e. The monoisotopic (exact) mass is 432 g/mol. The van der Waals surface area contributed by atoms with Crippen molar-refractivity contribution in [3.63, 3.8) is 0 Å². The van der Waals surface area contributed by atoms with Crippen LogP contribution in [-0.4, -0.2) is 49.8 Å². The molecule has 0 fully saturated rings. The first-order valence-electron chi connectivity index (χ1n) is 10.9. The Morgan fingerprint density at radius 2 is 1.78 bits per heavy atom. The summed E-state index contributed by atoms with van der Waals surface area (Å²) in [6.45, 7) is 8.09. The molecule has 0 spiro atoms. The minimum absolute atomic E-state index is 0.222. The lowest BCUT2D eigenvalue weighted by Crippen LogP contribution is -2.27. The van der Waals surface area contributed by atoms with Crippen molar-refractivity contribution in [2.45, 2.75) is 27.1 Å². The van der Waals surface area contributed by atoms with Crippen molar-refractivity contribution < 1.29 is 9.53 Å². The Bertz CT molecular complexity index is 1160. The van der Waals surface area contributed by atoms with E-state index in [9.17, 15) is 4.79 Å². The van der Waals surface area contributed by atoms with Crippen molar-refractivity contribution in [2.75, 3.05) is 25.0 Å². The second-order valence-corrected chi connectivity index (χ2v) is 7.38. The van der Waals surface area contributed by atoms with E-state index in [2.05, 4.69) is 38.7 Å². The molecule has 0 atom stereocenters. The summed E-state index contributed by atoms with van der Waals surface area (Å²) in [7, 11) is 0. The number of aromatic nitrogens is 4. The molecule has 0 aliphatic rings. The lowest BCUT2D eigenvalue weighted by atomic mass is 10.3. The van der Waals surface area contributed by atoms with Crippen molar-refractivity contribution in [1.82, 2.24) is 24.2 Å². The standard InChI is InChI=1S/C24H28N6O2/c1-3-28(4-2)16-17-30-22-13-9-8-12-20(22)25-24(30)26-23(31)21-14-15-29(27-21)18-32-19-10-6-5-7-11-19/h5-15H,3-4,16-18H2,1-2H3,(H,25,26,31). The van der Waals surface area contributed by atoms with E-state index in [1.807, 2.05) is 54.6 Å². The fraction of sp³-hybridized carbons (Fsp3) is 0.292. The third-order valence-corrected chi connectivity index (χ3v) is 5.39. The van der Waals surface area contributed by atoms with Crippen LogP contribution in [0.2, 0.25) is 0 Å². The van der Waals surface area contributed by atoms with E-state index in [1.165, 1.54) is 0 Å². The normalized spacial score (nSPS) is 11.2. The van der Waals surface area contributed by atoms with Gasteiger partial charge in [-0.2, -0.15) is 5.10 Å². The number of anilines is 1. The SMILES string of the molecule is CCN(CC)CCn1c(NC(=O)c2ccn(COc3ccccc3)n2)nc2ccccc21. The average Bonchev–Trinajstić information content (AvgIpc) is 3.44. The van der Waals surface area contributed by atoms with Gasteiger partial charge in [0.05, 0.1) is 11.0 Å². The maximum absolute atomic E-state index is 12.9. The quantitative estimate of drug-likeness (QED) is 0.412. The Kier molecular flexibility index (Phi) is 6.81. The van der Waals surface area contributed by atoms with Gasteiger partial charge in [0, 0.05) is 19.3 Å². The molecule has 0 saturated heterocycles. The summed E-state index contributed by atoms with van der Waals surface area (Å²) in [6.07, 6.45) is 1.72. The van der Waals surface area contributed by atoms with Gasteiger partial charge >= 0.3 is 0 Å². The van der Waals surface area contributed by atoms with Crippen LogP contribution in [0, 0.1) is 0 Å². The molecule has 0 saturated carbocycles. The van der Waals surface area contributed by atoms with Crippen LogP contribution in [0.1, 0.15) is 24.3 Å². The van der Waals surface area contributed by atoms with Gasteiger partial charge in [0.2, 0.25) is 5.95 Å². The molecular weight excluding hydrogens is 404 g/mol. The highest BCUT2D eigenvalue weighted by Gasteiger charge is 2.16. The van der Waals surface area contributed by atoms with Crippen LogP contribution < -0.4 is 10.1 Å². The Labute approximate surface area is 187 Å². The first kappa shape index (κ1) is 21.6. The van der Waals surface area contributed by atoms with E-state index < -0.39 is 0 Å². The number of para-hydroxylation sites is 3. The Morgan fingerprint density at radius 1 is 1.03 bits per heavy atom. The molecule has 1 amide bonds. The second-order valence-electron chi connectivity index (χ2n) is 7.38. The molecule has 8 heteroatoms. The number of fused-ring (bicyclic) bond motifs is 1. The van der Waals surface area contributed by atoms with Gasteiger partial charge < -0.3 is 14.2 Å². The van der Waals surface area contributed by atoms with E-state index >= 15 is 0 Å². The molecule has 166 valence electrons. The van der Waals surface area contributed by atoms with Crippen molar-refractivity contribution in [3.05, 3.63) is 72.6 Å². The van der Waals surface area contributed by atoms with Crippen molar-refractivity contribution in [1.29, 1.82) is 0 Å². The number of amides is 1. The molecule has 4 rings (SSSR count). The van der Waals surface area contributed by atoms with Crippen LogP contribution in [0.4, 0.5) is 5.95 Å². The molecule has 2 aromatic heterocycles. The first-order valence-corrected chi connectivity index (χ1v) is 10.9. The molecule has 0 aliphatic carbocycles. The van der Waals surface area contributed by atoms with Gasteiger partial charge in [-0.1, -0.05) is 44.2 Å². The van der Waals surface area contributed by atoms with Crippen molar-refractivity contribution in [2.24, 2.45) is 0 Å². The minimum Gasteiger partial charge on any atom is -0.471 e. The Balaban J connectivity index is 1.47. The van der Waals surface area contributed by atoms with Gasteiger partial charge in [0.1, 0.15) is 5.75 Å². The van der Waals surface area contributed by atoms with Gasteiger partial charge in [0.15, 0.2) is 12.4 Å². The van der Waals surface area contributed by atoms with Gasteiger partial charge in [-0.15, -0.1) is 0 Å². The maximum atomic E-state index is 12.9. The lowest BCUT2D eigenvalue weighted by Gasteiger charge is -2.19. The van der Waals surface area contributed by atoms with Crippen LogP contribution in [0.15, 0.2) is 66.9 Å². The van der Waals surface area contributed by atoms with Crippen molar-refractivity contribution >= 4 is 22.9 Å². The summed E-state index contributed by atoms with van der Waals surface area (Å²) in [5.41, 5.74) is 2.16. The summed E-state index contributed by atoms with van der Waals surface area (Å²) >= 11 is 0. The number of nitrogens with zero attached hydrogens (tertiary/aromatic N) is 5. The third kappa shape index (κ3) is 4.97. The molecule has 0 radical (unpaired) electrons. The van der Waals surface area contributed by atoms with Crippen molar-refractivity contribution in [3.8, 4) is 5.75 Å². The van der Waals surface area contributed by atoms with E-state index in [1.54, 1.807) is 16.9 Å². The van der Waals surface area contributed by atoms with Crippen LogP contribution in [-0.2, 0) is 13.3 Å². The van der Waals surface area contributed by atoms with Crippen LogP contribution in [0.3, 0.4) is 0 Å². The zero-order valence-corrected chi connectivity index (χ0v) is 18.4. The van der Waals surface area contributed by atoms with Crippen LogP contribution >= 0.6 is 0 Å². The number of nitrogens with one attached hydrogen (secondary N) is 1. The zero-order chi connectivity index (χ0) is 22.3. The second kappa shape index (κ2) is 10.1. The highest BCUT2D eigenvalue weighted by atomic mass is 16.5. The molecular formula is C24H28N6O2. The summed E-state index contributed by atoms with van der Waals surface area (Å²) in [5, 5.41) is 7.28. The predicted molar refractivity (Wildman–Crippen MR) is 125 cm³/mol. The number of rotatable bonds is 10. The predicted octanol–water partition coefficient (Wildman–Crippen LogP) is 3.86. The third-order valence-electron chi connectivity index (χ3n) is 5.39. The highest BCUT2D eigenvalue weighted by Crippen LogP contribution is 2.20. The molecule has 4 aromatic rings. The summed E-state index contributed by atoms with van der Waals surface area (Å²) in [5.74, 6) is 0.970. The van der Waals surface area contributed by atoms with Gasteiger partial charge in [-0.3, -0.25) is 10.1 Å². The van der Waals surface area contributed by atoms with Crippen LogP contribution in [0.25, 0.3) is 11.0 Å². The summed E-state index contributed by atoms with van der Waals surface area (Å²) in [6, 6.07) is 19.1. The molecule has 8 nitrogen and oxygen atoms in total. The van der Waals surface area contributed by atoms with Gasteiger partial charge in [-0.05, 0) is 43.4 Å². The van der Waals surface area contributed by atoms with Gasteiger partial charge in [0.25, 0.3) is 5.91 Å². The molecule has 2 heterocycles. The topological polar surface area (TPSA) is 77.2 Å². The van der Waals surface area contributed by atoms with Gasteiger partial charge in [-0.25, -0.2) is 9.67 Å². The highest BCUT2D eigenvalue weighted by molar-refractivity contribution is 6.02. The molecule has 1 N–H and O–H groups in total. The average molecular weight is 433 g/mol. The fourth-order valence-electron chi connectivity index (χ4n) is 3.56. The van der Waals surface area contributed by atoms with E-state index in [-0.39, 0.29) is 12.6 Å². The fourth-order valence-corrected chi connectivity index (χ4v) is 3.56. The zero-order valence-electron chi connectivity index (χ0n) is 18.4. The molecule has 32 heavy (non-hydrogen) atoms. The number of benzene rings is 2. The lowest BCUT2D eigenvalue weighted by molar-refractivity contribution is 0.101. The number of likely N-dealkylation sites (N-methyl/N-ethyl adjacent to an activating group) is 1. The summed E-state index contributed by atoms with van der Waals surface area (Å²) < 4.78 is 9.33. The first-order chi connectivity index (χ1) is 15.7. The number of carbonyl (C=O) groups is 1. The molecule has 0 unspecified atom stereocenters. The number of imidazole rings is 1. The Hall–Kier alpha value is -3.65. The number of hydrogen-bond acceptors (Lipinski definition) is 5. The number of carbonyl (C=O) groups excluding carboxylic acids is 1. The van der Waals surface area contributed by atoms with E-state index in [0.29, 0.717) is 11.6 Å². The Morgan fingerprint density at radius 3 is 2.56 bits per heavy atom. The van der Waals surface area contributed by atoms with E-state index in [0.717, 1.165) is 43.0 Å². The van der Waals surface area contributed by atoms with E-state index in [4.69, 9.17) is 4.74 Å². The minimum atomic E-state index is -0.303. The molecule has 2 aromatic carbocycles. The summed E-state index contributed by atoms with van der Waals surface area (Å²) in [4.78, 5) is 19.9. The smallest absolute Gasteiger partial charge is 0.278 e. The molecule has 0 aliphatic heterocycles. The van der Waals surface area contributed by atoms with Crippen LogP contribution in [0.5, 0.6) is 5.75 Å². The number of hydrogen-bond donors (Lipinski definition) is 1. The number of ether oxygens (including phenoxy) is 1. The maximum Gasteiger partial charge on any atom is 0.278 e. The molecule has 0 bridgehead atoms.